The smallest absolute Gasteiger partial charge is 0.355 e. The van der Waals surface area contributed by atoms with E-state index >= 15 is 0 Å². The Balaban J connectivity index is 2.09. The number of rotatable bonds is 4. The van der Waals surface area contributed by atoms with Gasteiger partial charge in [0.2, 0.25) is 0 Å². The van der Waals surface area contributed by atoms with Gasteiger partial charge in [-0.25, -0.2) is 9.74 Å². The molecule has 1 aromatic heterocycles. The molecule has 6 heteroatoms. The number of benzene rings is 1. The van der Waals surface area contributed by atoms with Crippen molar-refractivity contribution in [1.82, 2.24) is 4.98 Å². The highest BCUT2D eigenvalue weighted by Crippen LogP contribution is 2.14. The minimum Gasteiger partial charge on any atom is -0.355 e. The summed E-state index contributed by atoms with van der Waals surface area (Å²) in [4.78, 5) is 28.4. The Morgan fingerprint density at radius 2 is 1.95 bits per heavy atom. The average Bonchev–Trinajstić information content (AvgIpc) is 2.90. The van der Waals surface area contributed by atoms with Gasteiger partial charge in [-0.3, -0.25) is 4.79 Å². The average molecular weight is 326 g/mol. The number of hydrogen-bond acceptors (Lipinski definition) is 3. The summed E-state index contributed by atoms with van der Waals surface area (Å²) in [6.07, 6.45) is 1.56. The molecule has 0 fully saturated rings. The predicted molar refractivity (Wildman–Crippen MR) is 69.5 cm³/mol. The zero-order valence-corrected chi connectivity index (χ0v) is 11.2. The summed E-state index contributed by atoms with van der Waals surface area (Å²) in [5.74, 6) is -1.32. The number of Topliss-reactive ketones (excluding diaryl/α,β-unsaturated/α-hetero) is 1. The Kier molecular flexibility index (Phi) is 4.11. The van der Waals surface area contributed by atoms with Crippen molar-refractivity contribution in [3.05, 3.63) is 57.8 Å². The van der Waals surface area contributed by atoms with Crippen molar-refractivity contribution >= 4 is 27.7 Å². The normalized spacial score (nSPS) is 10.2. The number of ketones is 1. The quantitative estimate of drug-likeness (QED) is 0.878. The maximum Gasteiger partial charge on any atom is 0.395 e. The Bertz CT molecular complexity index is 607. The molecule has 0 bridgehead atoms. The minimum atomic E-state index is -1.15. The van der Waals surface area contributed by atoms with Gasteiger partial charge in [-0.15, -0.1) is 0 Å². The number of hydrogen-bond donors (Lipinski definition) is 1. The summed E-state index contributed by atoms with van der Waals surface area (Å²) in [5, 5.41) is 0. The summed E-state index contributed by atoms with van der Waals surface area (Å²) in [7, 11) is 0. The van der Waals surface area contributed by atoms with Gasteiger partial charge in [0.1, 0.15) is 5.69 Å². The van der Waals surface area contributed by atoms with E-state index in [1.54, 1.807) is 0 Å². The lowest BCUT2D eigenvalue weighted by atomic mass is 10.1. The molecule has 0 amide bonds. The van der Waals surface area contributed by atoms with Crippen LogP contribution in [0.1, 0.15) is 26.4 Å². The molecule has 0 aliphatic heterocycles. The second kappa shape index (κ2) is 5.79. The van der Waals surface area contributed by atoms with Gasteiger partial charge in [-0.2, -0.15) is 0 Å². The first-order valence-corrected chi connectivity index (χ1v) is 6.18. The van der Waals surface area contributed by atoms with Crippen LogP contribution in [0.3, 0.4) is 0 Å². The lowest BCUT2D eigenvalue weighted by molar-refractivity contribution is -0.0792. The highest BCUT2D eigenvalue weighted by molar-refractivity contribution is 9.10. The minimum absolute atomic E-state index is 0.0957. The second-order valence-corrected chi connectivity index (χ2v) is 4.81. The number of H-pyrrole nitrogens is 1. The van der Waals surface area contributed by atoms with Crippen LogP contribution in [0.4, 0.5) is 4.53 Å². The van der Waals surface area contributed by atoms with E-state index in [4.69, 9.17) is 0 Å². The molecule has 0 aliphatic rings. The molecule has 0 saturated heterocycles. The van der Waals surface area contributed by atoms with Crippen molar-refractivity contribution in [2.24, 2.45) is 0 Å². The number of aromatic nitrogens is 1. The monoisotopic (exact) mass is 325 g/mol. The lowest BCUT2D eigenvalue weighted by Gasteiger charge is -1.99. The fourth-order valence-corrected chi connectivity index (χ4v) is 1.87. The number of carbonyl (C=O) groups is 2. The lowest BCUT2D eigenvalue weighted by Crippen LogP contribution is -2.02. The zero-order chi connectivity index (χ0) is 13.8. The van der Waals surface area contributed by atoms with Crippen LogP contribution in [0.5, 0.6) is 0 Å². The van der Waals surface area contributed by atoms with Gasteiger partial charge in [0, 0.05) is 27.2 Å². The largest absolute Gasteiger partial charge is 0.395 e. The summed E-state index contributed by atoms with van der Waals surface area (Å²) in [6, 6.07) is 8.59. The first-order chi connectivity index (χ1) is 9.10. The molecule has 0 aliphatic carbocycles. The highest BCUT2D eigenvalue weighted by atomic mass is 79.9. The molecule has 0 radical (unpaired) electrons. The number of aromatic amines is 1. The Morgan fingerprint density at radius 3 is 2.58 bits per heavy atom. The van der Waals surface area contributed by atoms with Gasteiger partial charge < -0.3 is 4.98 Å². The van der Waals surface area contributed by atoms with Crippen LogP contribution in [-0.4, -0.2) is 16.7 Å². The van der Waals surface area contributed by atoms with Crippen molar-refractivity contribution in [2.45, 2.75) is 6.42 Å². The van der Waals surface area contributed by atoms with Crippen LogP contribution >= 0.6 is 15.9 Å². The Hall–Kier alpha value is -1.95. The van der Waals surface area contributed by atoms with E-state index in [1.165, 1.54) is 12.3 Å². The first-order valence-electron chi connectivity index (χ1n) is 5.39. The van der Waals surface area contributed by atoms with Crippen LogP contribution in [0.15, 0.2) is 41.0 Å². The maximum atomic E-state index is 11.9. The fraction of sp³-hybridized carbons (Fsp3) is 0.0769. The molecule has 98 valence electrons. The molecule has 1 aromatic carbocycles. The van der Waals surface area contributed by atoms with E-state index in [9.17, 15) is 14.1 Å². The zero-order valence-electron chi connectivity index (χ0n) is 9.65. The molecule has 1 heterocycles. The van der Waals surface area contributed by atoms with Gasteiger partial charge in [-0.1, -0.05) is 28.1 Å². The third-order valence-electron chi connectivity index (χ3n) is 2.57. The van der Waals surface area contributed by atoms with Crippen molar-refractivity contribution < 1.29 is 19.1 Å². The van der Waals surface area contributed by atoms with Gasteiger partial charge in [0.25, 0.3) is 0 Å². The molecule has 0 spiro atoms. The van der Waals surface area contributed by atoms with Gasteiger partial charge in [-0.05, 0) is 23.8 Å². The summed E-state index contributed by atoms with van der Waals surface area (Å²) in [6.45, 7) is 0. The summed E-state index contributed by atoms with van der Waals surface area (Å²) in [5.41, 5.74) is 1.06. The van der Waals surface area contributed by atoms with Gasteiger partial charge >= 0.3 is 5.97 Å². The molecular formula is C13H9BrFNO3. The van der Waals surface area contributed by atoms with Crippen molar-refractivity contribution in [3.8, 4) is 0 Å². The topological polar surface area (TPSA) is 59.2 Å². The third kappa shape index (κ3) is 3.29. The molecule has 0 saturated carbocycles. The van der Waals surface area contributed by atoms with E-state index in [1.807, 2.05) is 24.3 Å². The van der Waals surface area contributed by atoms with E-state index in [0.717, 1.165) is 10.0 Å². The number of carbonyl (C=O) groups excluding carboxylic acids is 2. The van der Waals surface area contributed by atoms with Crippen LogP contribution in [0, 0.1) is 0 Å². The Morgan fingerprint density at radius 1 is 1.26 bits per heavy atom. The van der Waals surface area contributed by atoms with E-state index in [0.29, 0.717) is 5.56 Å². The summed E-state index contributed by atoms with van der Waals surface area (Å²) >= 11 is 3.31. The molecule has 2 aromatic rings. The van der Waals surface area contributed by atoms with Crippen molar-refractivity contribution in [1.29, 1.82) is 0 Å². The van der Waals surface area contributed by atoms with E-state index in [2.05, 4.69) is 25.9 Å². The molecule has 1 N–H and O–H groups in total. The first kappa shape index (κ1) is 13.5. The van der Waals surface area contributed by atoms with Crippen LogP contribution in [0.25, 0.3) is 0 Å². The SMILES string of the molecule is O=C(Cc1ccc(Br)cc1)c1c[nH]c(C(=O)OF)c1. The molecule has 2 rings (SSSR count). The summed E-state index contributed by atoms with van der Waals surface area (Å²) < 4.78 is 12.6. The molecule has 4 nitrogen and oxygen atoms in total. The van der Waals surface area contributed by atoms with Crippen molar-refractivity contribution in [3.63, 3.8) is 0 Å². The van der Waals surface area contributed by atoms with E-state index < -0.39 is 5.97 Å². The molecule has 0 unspecified atom stereocenters. The van der Waals surface area contributed by atoms with Crippen LogP contribution in [-0.2, 0) is 11.4 Å². The standard InChI is InChI=1S/C13H9BrFNO3/c14-10-3-1-8(2-4-10)5-12(17)9-6-11(16-7-9)13(18)19-15/h1-4,6-7,16H,5H2. The number of halogens is 2. The second-order valence-electron chi connectivity index (χ2n) is 3.89. The fourth-order valence-electron chi connectivity index (χ4n) is 1.60. The van der Waals surface area contributed by atoms with Crippen LogP contribution < -0.4 is 0 Å². The molecule has 19 heavy (non-hydrogen) atoms. The predicted octanol–water partition coefficient (Wildman–Crippen LogP) is 3.24. The molecule has 0 atom stereocenters. The molecular weight excluding hydrogens is 317 g/mol. The van der Waals surface area contributed by atoms with Crippen LogP contribution in [0.2, 0.25) is 0 Å². The Labute approximate surface area is 116 Å². The third-order valence-corrected chi connectivity index (χ3v) is 3.10. The van der Waals surface area contributed by atoms with Gasteiger partial charge in [0.05, 0.1) is 0 Å². The van der Waals surface area contributed by atoms with E-state index in [-0.39, 0.29) is 17.9 Å². The maximum absolute atomic E-state index is 11.9. The van der Waals surface area contributed by atoms with Gasteiger partial charge in [0.15, 0.2) is 5.78 Å². The van der Waals surface area contributed by atoms with Crippen molar-refractivity contribution in [2.75, 3.05) is 0 Å². The number of nitrogens with one attached hydrogen (secondary N) is 1. The highest BCUT2D eigenvalue weighted by Gasteiger charge is 2.14.